The molecule has 0 atom stereocenters. The lowest BCUT2D eigenvalue weighted by atomic mass is 9.86. The molecule has 85 heavy (non-hydrogen) atoms. The molecule has 0 unspecified atom stereocenters. The van der Waals surface area contributed by atoms with Gasteiger partial charge in [0.15, 0.2) is 0 Å². The van der Waals surface area contributed by atoms with Crippen molar-refractivity contribution in [1.82, 2.24) is 0 Å². The Hall–Kier alpha value is -7.68. The Morgan fingerprint density at radius 3 is 1.18 bits per heavy atom. The standard InChI is InChI=1S/C81H90N2.C2H6/c1-10-12-14-16-18-20-26-61-28-22-32-73(52-61)82(75-34-24-30-65(56-75)58(3)4)71-46-40-63(41-47-71)66-44-50-77-68(54-66)38-36-59(5)79(77)80-60(6)37-39-69-55-67(45-51-78(69)80)64-42-48-72(49-43-64)83(76-35-25-31-70(57-76)81(7,8)9)74-33-23-29-62(53-74)27-21-19-17-15-13-11-2;1-2/h22-25,28-58H,10-21,26-27H2,1-9H3;1-2H3. The Labute approximate surface area is 513 Å². The van der Waals surface area contributed by atoms with Gasteiger partial charge in [0.2, 0.25) is 0 Å². The number of benzene rings is 10. The van der Waals surface area contributed by atoms with Crippen molar-refractivity contribution < 1.29 is 0 Å². The van der Waals surface area contributed by atoms with E-state index in [9.17, 15) is 0 Å². The molecule has 0 aliphatic carbocycles. The Morgan fingerprint density at radius 2 is 0.741 bits per heavy atom. The third kappa shape index (κ3) is 15.2. The molecule has 0 amide bonds. The Balaban J connectivity index is 0.00000428. The summed E-state index contributed by atoms with van der Waals surface area (Å²) < 4.78 is 0. The van der Waals surface area contributed by atoms with Crippen LogP contribution in [-0.2, 0) is 18.3 Å². The van der Waals surface area contributed by atoms with Gasteiger partial charge in [-0.3, -0.25) is 0 Å². The molecule has 0 heterocycles. The first-order chi connectivity index (χ1) is 41.4. The van der Waals surface area contributed by atoms with Crippen LogP contribution in [0.25, 0.3) is 54.9 Å². The fourth-order valence-corrected chi connectivity index (χ4v) is 12.5. The average molecular weight is 1120 g/mol. The molecular weight excluding hydrogens is 1020 g/mol. The highest BCUT2D eigenvalue weighted by Crippen LogP contribution is 2.44. The topological polar surface area (TPSA) is 6.48 Å². The molecule has 10 rings (SSSR count). The van der Waals surface area contributed by atoms with Gasteiger partial charge >= 0.3 is 0 Å². The van der Waals surface area contributed by atoms with E-state index in [0.717, 1.165) is 24.2 Å². The van der Waals surface area contributed by atoms with E-state index in [4.69, 9.17) is 0 Å². The van der Waals surface area contributed by atoms with Crippen molar-refractivity contribution in [2.75, 3.05) is 9.80 Å². The Morgan fingerprint density at radius 1 is 0.353 bits per heavy atom. The van der Waals surface area contributed by atoms with Gasteiger partial charge < -0.3 is 9.80 Å². The zero-order valence-electron chi connectivity index (χ0n) is 53.5. The van der Waals surface area contributed by atoms with Gasteiger partial charge in [-0.05, 0) is 224 Å². The summed E-state index contributed by atoms with van der Waals surface area (Å²) in [5.41, 5.74) is 22.7. The van der Waals surface area contributed by atoms with Gasteiger partial charge in [0.1, 0.15) is 0 Å². The third-order valence-electron chi connectivity index (χ3n) is 17.4. The predicted molar refractivity (Wildman–Crippen MR) is 375 cm³/mol. The van der Waals surface area contributed by atoms with Crippen LogP contribution in [0.15, 0.2) is 206 Å². The molecule has 2 heteroatoms. The molecule has 0 fully saturated rings. The minimum Gasteiger partial charge on any atom is -0.310 e. The number of hydrogen-bond acceptors (Lipinski definition) is 2. The van der Waals surface area contributed by atoms with Crippen LogP contribution in [0.4, 0.5) is 34.1 Å². The van der Waals surface area contributed by atoms with Crippen LogP contribution in [0.2, 0.25) is 0 Å². The van der Waals surface area contributed by atoms with Gasteiger partial charge in [-0.2, -0.15) is 0 Å². The number of anilines is 6. The summed E-state index contributed by atoms with van der Waals surface area (Å²) in [6, 6.07) is 78.6. The molecule has 0 saturated carbocycles. The van der Waals surface area contributed by atoms with Gasteiger partial charge in [0, 0.05) is 34.1 Å². The van der Waals surface area contributed by atoms with E-state index in [0.29, 0.717) is 5.92 Å². The van der Waals surface area contributed by atoms with E-state index >= 15 is 0 Å². The van der Waals surface area contributed by atoms with Crippen LogP contribution >= 0.6 is 0 Å². The lowest BCUT2D eigenvalue weighted by Gasteiger charge is -2.28. The second-order valence-corrected chi connectivity index (χ2v) is 25.1. The van der Waals surface area contributed by atoms with Crippen molar-refractivity contribution >= 4 is 55.7 Å². The van der Waals surface area contributed by atoms with E-state index in [1.54, 1.807) is 0 Å². The maximum atomic E-state index is 2.45. The van der Waals surface area contributed by atoms with Crippen molar-refractivity contribution in [3.63, 3.8) is 0 Å². The first kappa shape index (κ1) is 61.9. The maximum absolute atomic E-state index is 2.45. The summed E-state index contributed by atoms with van der Waals surface area (Å²) in [4.78, 5) is 4.89. The molecule has 2 nitrogen and oxygen atoms in total. The molecule has 0 N–H and O–H groups in total. The summed E-state index contributed by atoms with van der Waals surface area (Å²) in [6.45, 7) is 24.6. The van der Waals surface area contributed by atoms with Crippen LogP contribution in [0.3, 0.4) is 0 Å². The van der Waals surface area contributed by atoms with E-state index in [1.165, 1.54) is 188 Å². The fourth-order valence-electron chi connectivity index (χ4n) is 12.5. The monoisotopic (exact) mass is 1120 g/mol. The van der Waals surface area contributed by atoms with E-state index in [1.807, 2.05) is 13.8 Å². The number of aryl methyl sites for hydroxylation is 4. The van der Waals surface area contributed by atoms with Crippen LogP contribution in [0.1, 0.15) is 179 Å². The Bertz CT molecular complexity index is 3760. The lowest BCUT2D eigenvalue weighted by molar-refractivity contribution is 0.590. The van der Waals surface area contributed by atoms with Crippen LogP contribution in [0, 0.1) is 13.8 Å². The van der Waals surface area contributed by atoms with Crippen LogP contribution in [-0.4, -0.2) is 0 Å². The quantitative estimate of drug-likeness (QED) is 0.0557. The number of unbranched alkanes of at least 4 members (excludes halogenated alkanes) is 10. The molecule has 10 aromatic carbocycles. The average Bonchev–Trinajstić information content (AvgIpc) is 2.74. The van der Waals surface area contributed by atoms with Crippen molar-refractivity contribution in [1.29, 1.82) is 0 Å². The smallest absolute Gasteiger partial charge is 0.0464 e. The summed E-state index contributed by atoms with van der Waals surface area (Å²) in [7, 11) is 0. The molecule has 0 aliphatic heterocycles. The highest BCUT2D eigenvalue weighted by Gasteiger charge is 2.21. The molecule has 0 aromatic heterocycles. The van der Waals surface area contributed by atoms with Crippen LogP contribution < -0.4 is 9.80 Å². The van der Waals surface area contributed by atoms with Gasteiger partial charge in [0.05, 0.1) is 0 Å². The van der Waals surface area contributed by atoms with Crippen LogP contribution in [0.5, 0.6) is 0 Å². The minimum absolute atomic E-state index is 0.0375. The molecule has 0 aliphatic rings. The summed E-state index contributed by atoms with van der Waals surface area (Å²) in [5, 5.41) is 5.06. The second-order valence-electron chi connectivity index (χ2n) is 25.1. The number of nitrogens with zero attached hydrogens (tertiary/aromatic N) is 2. The predicted octanol–water partition coefficient (Wildman–Crippen LogP) is 25.8. The first-order valence-corrected chi connectivity index (χ1v) is 32.6. The van der Waals surface area contributed by atoms with Gasteiger partial charge in [-0.15, -0.1) is 0 Å². The largest absolute Gasteiger partial charge is 0.310 e. The number of rotatable bonds is 24. The third-order valence-corrected chi connectivity index (χ3v) is 17.4. The molecule has 0 radical (unpaired) electrons. The molecule has 0 spiro atoms. The molecule has 10 aromatic rings. The number of hydrogen-bond donors (Lipinski definition) is 0. The van der Waals surface area contributed by atoms with Crippen molar-refractivity contribution in [2.24, 2.45) is 0 Å². The Kier molecular flexibility index (Phi) is 21.4. The summed E-state index contributed by atoms with van der Waals surface area (Å²) in [5.74, 6) is 0.442. The van der Waals surface area contributed by atoms with Crippen molar-refractivity contribution in [3.05, 3.63) is 240 Å². The van der Waals surface area contributed by atoms with E-state index in [2.05, 4.69) is 278 Å². The number of fused-ring (bicyclic) bond motifs is 2. The summed E-state index contributed by atoms with van der Waals surface area (Å²) >= 11 is 0. The van der Waals surface area contributed by atoms with E-state index in [-0.39, 0.29) is 5.41 Å². The minimum atomic E-state index is 0.0375. The van der Waals surface area contributed by atoms with Gasteiger partial charge in [-0.25, -0.2) is 0 Å². The zero-order valence-corrected chi connectivity index (χ0v) is 53.5. The normalized spacial score (nSPS) is 11.5. The maximum Gasteiger partial charge on any atom is 0.0464 e. The van der Waals surface area contributed by atoms with Crippen molar-refractivity contribution in [3.8, 4) is 33.4 Å². The zero-order chi connectivity index (χ0) is 59.9. The van der Waals surface area contributed by atoms with E-state index < -0.39 is 0 Å². The van der Waals surface area contributed by atoms with Gasteiger partial charge in [0.25, 0.3) is 0 Å². The van der Waals surface area contributed by atoms with Crippen molar-refractivity contribution in [2.45, 2.75) is 177 Å². The highest BCUT2D eigenvalue weighted by molar-refractivity contribution is 6.09. The molecule has 0 saturated heterocycles. The SMILES string of the molecule is CC.CCCCCCCCc1cccc(N(c2ccc(-c3ccc4c(-c5c(C)ccc6cc(-c7ccc(N(c8cccc(CCCCCCCC)c8)c8cccc(C(C)(C)C)c8)cc7)ccc56)c(C)ccc4c3)cc2)c2cccc(C(C)C)c2)c1. The molecule has 438 valence electrons. The first-order valence-electron chi connectivity index (χ1n) is 32.6. The lowest BCUT2D eigenvalue weighted by Crippen LogP contribution is -2.14. The molecular formula is C83H96N2. The second kappa shape index (κ2) is 29.4. The van der Waals surface area contributed by atoms with Gasteiger partial charge in [-0.1, -0.05) is 248 Å². The molecule has 0 bridgehead atoms. The summed E-state index contributed by atoms with van der Waals surface area (Å²) in [6.07, 6.45) is 17.9. The fraction of sp³-hybridized carbons (Fsp3) is 0.325. The highest BCUT2D eigenvalue weighted by atomic mass is 15.1.